The first kappa shape index (κ1) is 26.1. The van der Waals surface area contributed by atoms with Gasteiger partial charge in [-0.25, -0.2) is 0 Å². The SMILES string of the molecule is c1ccc(CN2CCN(CCCSSCCCN3CCN(Cc4ccccc4)CC3)CC2)cc1. The van der Waals surface area contributed by atoms with E-state index >= 15 is 0 Å². The monoisotopic (exact) mass is 498 g/mol. The minimum atomic E-state index is 1.10. The number of benzene rings is 2. The van der Waals surface area contributed by atoms with E-state index in [9.17, 15) is 0 Å². The Kier molecular flexibility index (Phi) is 11.6. The molecule has 2 aliphatic heterocycles. The van der Waals surface area contributed by atoms with Gasteiger partial charge in [0.25, 0.3) is 0 Å². The highest BCUT2D eigenvalue weighted by atomic mass is 33.1. The third-order valence-corrected chi connectivity index (χ3v) is 9.49. The Morgan fingerprint density at radius 2 is 0.824 bits per heavy atom. The van der Waals surface area contributed by atoms with Gasteiger partial charge in [-0.2, -0.15) is 0 Å². The smallest absolute Gasteiger partial charge is 0.0234 e. The molecule has 0 aromatic heterocycles. The Bertz CT molecular complexity index is 708. The molecule has 0 radical (unpaired) electrons. The van der Waals surface area contributed by atoms with E-state index in [0.29, 0.717) is 0 Å². The molecule has 2 fully saturated rings. The summed E-state index contributed by atoms with van der Waals surface area (Å²) in [6, 6.07) is 21.8. The zero-order valence-electron chi connectivity index (χ0n) is 20.7. The van der Waals surface area contributed by atoms with Crippen LogP contribution in [-0.2, 0) is 13.1 Å². The Labute approximate surface area is 215 Å². The maximum absolute atomic E-state index is 2.66. The van der Waals surface area contributed by atoms with Crippen LogP contribution in [-0.4, -0.2) is 96.6 Å². The van der Waals surface area contributed by atoms with Gasteiger partial charge in [0.05, 0.1) is 0 Å². The molecule has 0 unspecified atom stereocenters. The second-order valence-corrected chi connectivity index (χ2v) is 12.3. The van der Waals surface area contributed by atoms with Crippen LogP contribution in [0.2, 0.25) is 0 Å². The van der Waals surface area contributed by atoms with E-state index in [1.807, 2.05) is 0 Å². The molecule has 4 rings (SSSR count). The number of hydrogen-bond donors (Lipinski definition) is 0. The largest absolute Gasteiger partial charge is 0.301 e. The number of hydrogen-bond acceptors (Lipinski definition) is 6. The highest BCUT2D eigenvalue weighted by Crippen LogP contribution is 2.23. The summed E-state index contributed by atoms with van der Waals surface area (Å²) < 4.78 is 0. The van der Waals surface area contributed by atoms with Gasteiger partial charge in [0, 0.05) is 77.0 Å². The highest BCUT2D eigenvalue weighted by molar-refractivity contribution is 8.76. The molecule has 186 valence electrons. The first-order valence-corrected chi connectivity index (χ1v) is 15.6. The fourth-order valence-electron chi connectivity index (χ4n) is 4.84. The van der Waals surface area contributed by atoms with Gasteiger partial charge in [0.2, 0.25) is 0 Å². The fraction of sp³-hybridized carbons (Fsp3) is 0.571. The van der Waals surface area contributed by atoms with Gasteiger partial charge in [-0.1, -0.05) is 82.3 Å². The predicted octanol–water partition coefficient (Wildman–Crippen LogP) is 4.78. The minimum absolute atomic E-state index is 1.10. The standard InChI is InChI=1S/C28H42N4S2/c1-3-9-27(10-4-1)25-31-19-15-29(16-20-31)13-7-23-33-34-24-8-14-30-17-21-32(22-18-30)26-28-11-5-2-6-12-28/h1-6,9-12H,7-8,13-26H2. The molecule has 2 aromatic rings. The van der Waals surface area contributed by atoms with Gasteiger partial charge < -0.3 is 9.80 Å². The average molecular weight is 499 g/mol. The van der Waals surface area contributed by atoms with Crippen molar-refractivity contribution in [2.45, 2.75) is 25.9 Å². The third-order valence-electron chi connectivity index (χ3n) is 6.92. The lowest BCUT2D eigenvalue weighted by atomic mass is 10.2. The molecule has 2 aliphatic rings. The predicted molar refractivity (Wildman–Crippen MR) is 150 cm³/mol. The van der Waals surface area contributed by atoms with Crippen molar-refractivity contribution in [3.8, 4) is 0 Å². The van der Waals surface area contributed by atoms with E-state index in [4.69, 9.17) is 0 Å². The average Bonchev–Trinajstić information content (AvgIpc) is 2.89. The van der Waals surface area contributed by atoms with Gasteiger partial charge in [0.15, 0.2) is 0 Å². The molecule has 0 spiro atoms. The van der Waals surface area contributed by atoms with Crippen LogP contribution in [0.5, 0.6) is 0 Å². The summed E-state index contributed by atoms with van der Waals surface area (Å²) in [6.45, 7) is 14.5. The zero-order valence-corrected chi connectivity index (χ0v) is 22.3. The van der Waals surface area contributed by atoms with Crippen LogP contribution in [0.25, 0.3) is 0 Å². The van der Waals surface area contributed by atoms with E-state index in [2.05, 4.69) is 102 Å². The first-order chi connectivity index (χ1) is 16.8. The van der Waals surface area contributed by atoms with Gasteiger partial charge in [0.1, 0.15) is 0 Å². The second kappa shape index (κ2) is 15.2. The summed E-state index contributed by atoms with van der Waals surface area (Å²) in [5, 5.41) is 0. The molecule has 0 aliphatic carbocycles. The molecule has 4 nitrogen and oxygen atoms in total. The number of rotatable bonds is 13. The van der Waals surface area contributed by atoms with Crippen molar-refractivity contribution in [2.75, 3.05) is 77.0 Å². The van der Waals surface area contributed by atoms with E-state index in [1.165, 1.54) is 101 Å². The first-order valence-electron chi connectivity index (χ1n) is 13.1. The van der Waals surface area contributed by atoms with Crippen LogP contribution in [0.4, 0.5) is 0 Å². The maximum atomic E-state index is 2.66. The van der Waals surface area contributed by atoms with Crippen molar-refractivity contribution in [2.24, 2.45) is 0 Å². The molecule has 0 N–H and O–H groups in total. The van der Waals surface area contributed by atoms with Crippen LogP contribution in [0.3, 0.4) is 0 Å². The molecular formula is C28H42N4S2. The van der Waals surface area contributed by atoms with Crippen LogP contribution >= 0.6 is 21.6 Å². The lowest BCUT2D eigenvalue weighted by Crippen LogP contribution is -2.46. The molecule has 2 aromatic carbocycles. The zero-order chi connectivity index (χ0) is 23.3. The van der Waals surface area contributed by atoms with Gasteiger partial charge >= 0.3 is 0 Å². The van der Waals surface area contributed by atoms with E-state index in [0.717, 1.165) is 13.1 Å². The molecule has 0 bridgehead atoms. The van der Waals surface area contributed by atoms with Gasteiger partial charge in [-0.05, 0) is 37.1 Å². The summed E-state index contributed by atoms with van der Waals surface area (Å²) in [4.78, 5) is 10.5. The van der Waals surface area contributed by atoms with Crippen LogP contribution in [0.1, 0.15) is 24.0 Å². The summed E-state index contributed by atoms with van der Waals surface area (Å²) in [6.07, 6.45) is 2.64. The molecule has 6 heteroatoms. The summed E-state index contributed by atoms with van der Waals surface area (Å²) in [5.74, 6) is 2.57. The van der Waals surface area contributed by atoms with Crippen LogP contribution in [0, 0.1) is 0 Å². The van der Waals surface area contributed by atoms with Crippen LogP contribution in [0.15, 0.2) is 60.7 Å². The molecule has 0 atom stereocenters. The van der Waals surface area contributed by atoms with Crippen molar-refractivity contribution >= 4 is 21.6 Å². The van der Waals surface area contributed by atoms with Gasteiger partial charge in [-0.3, -0.25) is 9.80 Å². The van der Waals surface area contributed by atoms with Crippen LogP contribution < -0.4 is 0 Å². The fourth-order valence-corrected chi connectivity index (χ4v) is 6.98. The molecular weight excluding hydrogens is 456 g/mol. The van der Waals surface area contributed by atoms with Crippen molar-refractivity contribution < 1.29 is 0 Å². The van der Waals surface area contributed by atoms with E-state index in [-0.39, 0.29) is 0 Å². The quantitative estimate of drug-likeness (QED) is 0.289. The van der Waals surface area contributed by atoms with Gasteiger partial charge in [-0.15, -0.1) is 0 Å². The lowest BCUT2D eigenvalue weighted by molar-refractivity contribution is 0.127. The lowest BCUT2D eigenvalue weighted by Gasteiger charge is -2.34. The Morgan fingerprint density at radius 1 is 0.471 bits per heavy atom. The number of nitrogens with zero attached hydrogens (tertiary/aromatic N) is 4. The van der Waals surface area contributed by atoms with Crippen molar-refractivity contribution in [3.05, 3.63) is 71.8 Å². The number of piperazine rings is 2. The summed E-state index contributed by atoms with van der Waals surface area (Å²) in [5.41, 5.74) is 2.88. The molecule has 2 heterocycles. The molecule has 0 amide bonds. The maximum Gasteiger partial charge on any atom is 0.0234 e. The van der Waals surface area contributed by atoms with E-state index in [1.54, 1.807) is 0 Å². The van der Waals surface area contributed by atoms with E-state index < -0.39 is 0 Å². The normalized spacial score (nSPS) is 18.9. The summed E-state index contributed by atoms with van der Waals surface area (Å²) in [7, 11) is 4.17. The van der Waals surface area contributed by atoms with Crippen molar-refractivity contribution in [3.63, 3.8) is 0 Å². The Morgan fingerprint density at radius 3 is 1.21 bits per heavy atom. The summed E-state index contributed by atoms with van der Waals surface area (Å²) >= 11 is 0. The topological polar surface area (TPSA) is 13.0 Å². The second-order valence-electron chi connectivity index (χ2n) is 9.56. The van der Waals surface area contributed by atoms with Crippen molar-refractivity contribution in [1.29, 1.82) is 0 Å². The Balaban J connectivity index is 0.947. The third kappa shape index (κ3) is 9.56. The minimum Gasteiger partial charge on any atom is -0.301 e. The highest BCUT2D eigenvalue weighted by Gasteiger charge is 2.17. The molecule has 0 saturated carbocycles. The molecule has 34 heavy (non-hydrogen) atoms. The molecule has 2 saturated heterocycles. The van der Waals surface area contributed by atoms with Crippen molar-refractivity contribution in [1.82, 2.24) is 19.6 Å². The Hall–Kier alpha value is -1.02.